The molecule has 3 aromatic rings. The number of carbonyl (C=O) groups is 1. The van der Waals surface area contributed by atoms with E-state index in [1.807, 2.05) is 30.0 Å². The molecule has 166 valence electrons. The molecule has 1 saturated heterocycles. The second kappa shape index (κ2) is 9.51. The lowest BCUT2D eigenvalue weighted by Crippen LogP contribution is -2.49. The maximum absolute atomic E-state index is 12.2. The second-order valence-electron chi connectivity index (χ2n) is 8.63. The Hall–Kier alpha value is -3.21. The van der Waals surface area contributed by atoms with E-state index in [2.05, 4.69) is 56.0 Å². The van der Waals surface area contributed by atoms with Gasteiger partial charge in [0.2, 0.25) is 5.91 Å². The maximum Gasteiger partial charge on any atom is 0.222 e. The highest BCUT2D eigenvalue weighted by molar-refractivity contribution is 5.76. The Morgan fingerprint density at radius 2 is 1.66 bits per heavy atom. The number of hydrogen-bond donors (Lipinski definition) is 0. The van der Waals surface area contributed by atoms with E-state index in [4.69, 9.17) is 9.97 Å². The number of anilines is 1. The van der Waals surface area contributed by atoms with Crippen molar-refractivity contribution in [3.63, 3.8) is 0 Å². The summed E-state index contributed by atoms with van der Waals surface area (Å²) in [5.41, 5.74) is 7.07. The SMILES string of the molecule is CCC(=O)N1CCN(c2nc(-c3ccccc3)nc(C)c2Cc2cc(C)ccc2C)CC1. The van der Waals surface area contributed by atoms with Crippen molar-refractivity contribution >= 4 is 11.7 Å². The first-order valence-corrected chi connectivity index (χ1v) is 11.5. The monoisotopic (exact) mass is 428 g/mol. The first-order chi connectivity index (χ1) is 15.5. The molecule has 2 aromatic carbocycles. The van der Waals surface area contributed by atoms with E-state index < -0.39 is 0 Å². The van der Waals surface area contributed by atoms with Gasteiger partial charge in [-0.15, -0.1) is 0 Å². The Morgan fingerprint density at radius 1 is 0.938 bits per heavy atom. The molecular formula is C27H32N4O. The van der Waals surface area contributed by atoms with Crippen molar-refractivity contribution in [2.75, 3.05) is 31.1 Å². The molecule has 1 fully saturated rings. The number of benzene rings is 2. The normalized spacial score (nSPS) is 14.0. The summed E-state index contributed by atoms with van der Waals surface area (Å²) in [7, 11) is 0. The molecule has 5 nitrogen and oxygen atoms in total. The van der Waals surface area contributed by atoms with Crippen LogP contribution in [0.5, 0.6) is 0 Å². The van der Waals surface area contributed by atoms with E-state index in [-0.39, 0.29) is 5.91 Å². The van der Waals surface area contributed by atoms with Gasteiger partial charge in [0, 0.05) is 55.8 Å². The lowest BCUT2D eigenvalue weighted by atomic mass is 9.97. The van der Waals surface area contributed by atoms with Gasteiger partial charge in [-0.05, 0) is 31.9 Å². The zero-order chi connectivity index (χ0) is 22.7. The molecule has 0 bridgehead atoms. The Balaban J connectivity index is 1.73. The summed E-state index contributed by atoms with van der Waals surface area (Å²) in [5.74, 6) is 1.99. The summed E-state index contributed by atoms with van der Waals surface area (Å²) in [5, 5.41) is 0. The average molecular weight is 429 g/mol. The molecule has 0 atom stereocenters. The molecule has 0 spiro atoms. The summed E-state index contributed by atoms with van der Waals surface area (Å²) < 4.78 is 0. The first-order valence-electron chi connectivity index (χ1n) is 11.5. The highest BCUT2D eigenvalue weighted by Gasteiger charge is 2.25. The highest BCUT2D eigenvalue weighted by Crippen LogP contribution is 2.29. The van der Waals surface area contributed by atoms with Crippen LogP contribution in [0.15, 0.2) is 48.5 Å². The van der Waals surface area contributed by atoms with E-state index in [1.165, 1.54) is 22.3 Å². The van der Waals surface area contributed by atoms with Crippen molar-refractivity contribution < 1.29 is 4.79 Å². The van der Waals surface area contributed by atoms with Crippen molar-refractivity contribution in [3.05, 3.63) is 76.5 Å². The second-order valence-corrected chi connectivity index (χ2v) is 8.63. The van der Waals surface area contributed by atoms with Crippen molar-refractivity contribution in [3.8, 4) is 11.4 Å². The third-order valence-electron chi connectivity index (χ3n) is 6.33. The molecule has 0 radical (unpaired) electrons. The van der Waals surface area contributed by atoms with E-state index in [9.17, 15) is 4.79 Å². The summed E-state index contributed by atoms with van der Waals surface area (Å²) in [4.78, 5) is 26.4. The zero-order valence-corrected chi connectivity index (χ0v) is 19.6. The van der Waals surface area contributed by atoms with Gasteiger partial charge in [0.05, 0.1) is 0 Å². The summed E-state index contributed by atoms with van der Waals surface area (Å²) >= 11 is 0. The summed E-state index contributed by atoms with van der Waals surface area (Å²) in [6, 6.07) is 16.8. The standard InChI is InChI=1S/C27H32N4O/c1-5-25(32)30-13-15-31(16-14-30)27-24(18-23-17-19(2)11-12-20(23)3)21(4)28-26(29-27)22-9-7-6-8-10-22/h6-12,17H,5,13-16,18H2,1-4H3. The molecule has 1 aliphatic heterocycles. The Bertz CT molecular complexity index is 1100. The van der Waals surface area contributed by atoms with Crippen LogP contribution in [0.4, 0.5) is 5.82 Å². The lowest BCUT2D eigenvalue weighted by molar-refractivity contribution is -0.131. The highest BCUT2D eigenvalue weighted by atomic mass is 16.2. The fraction of sp³-hybridized carbons (Fsp3) is 0.370. The largest absolute Gasteiger partial charge is 0.353 e. The predicted octanol–water partition coefficient (Wildman–Crippen LogP) is 4.72. The van der Waals surface area contributed by atoms with Crippen LogP contribution < -0.4 is 4.90 Å². The number of carbonyl (C=O) groups excluding carboxylic acids is 1. The fourth-order valence-corrected chi connectivity index (χ4v) is 4.34. The minimum Gasteiger partial charge on any atom is -0.353 e. The van der Waals surface area contributed by atoms with E-state index in [1.54, 1.807) is 0 Å². The van der Waals surface area contributed by atoms with Crippen LogP contribution in [0.1, 0.15) is 41.3 Å². The van der Waals surface area contributed by atoms with Crippen LogP contribution in [0.3, 0.4) is 0 Å². The minimum absolute atomic E-state index is 0.226. The van der Waals surface area contributed by atoms with Crippen LogP contribution in [-0.2, 0) is 11.2 Å². The number of aryl methyl sites for hydroxylation is 3. The molecule has 1 aromatic heterocycles. The predicted molar refractivity (Wildman–Crippen MR) is 130 cm³/mol. The zero-order valence-electron chi connectivity index (χ0n) is 19.6. The number of nitrogens with zero attached hydrogens (tertiary/aromatic N) is 4. The smallest absolute Gasteiger partial charge is 0.222 e. The molecule has 0 aliphatic carbocycles. The molecule has 5 heteroatoms. The van der Waals surface area contributed by atoms with Gasteiger partial charge in [0.1, 0.15) is 5.82 Å². The molecular weight excluding hydrogens is 396 g/mol. The van der Waals surface area contributed by atoms with Crippen molar-refractivity contribution in [2.24, 2.45) is 0 Å². The van der Waals surface area contributed by atoms with Crippen LogP contribution in [0, 0.1) is 20.8 Å². The number of rotatable bonds is 5. The molecule has 32 heavy (non-hydrogen) atoms. The number of hydrogen-bond acceptors (Lipinski definition) is 4. The molecule has 0 saturated carbocycles. The van der Waals surface area contributed by atoms with E-state index >= 15 is 0 Å². The summed E-state index contributed by atoms with van der Waals surface area (Å²) in [6.07, 6.45) is 1.36. The first kappa shape index (κ1) is 22.0. The van der Waals surface area contributed by atoms with E-state index in [0.717, 1.165) is 55.5 Å². The Kier molecular flexibility index (Phi) is 6.54. The topological polar surface area (TPSA) is 49.3 Å². The number of aromatic nitrogens is 2. The van der Waals surface area contributed by atoms with Crippen LogP contribution in [-0.4, -0.2) is 47.0 Å². The van der Waals surface area contributed by atoms with Gasteiger partial charge in [-0.3, -0.25) is 4.79 Å². The number of amides is 1. The van der Waals surface area contributed by atoms with Gasteiger partial charge in [0.25, 0.3) is 0 Å². The third-order valence-corrected chi connectivity index (χ3v) is 6.33. The fourth-order valence-electron chi connectivity index (χ4n) is 4.34. The Morgan fingerprint density at radius 3 is 2.34 bits per heavy atom. The molecule has 1 amide bonds. The average Bonchev–Trinajstić information content (AvgIpc) is 2.82. The minimum atomic E-state index is 0.226. The maximum atomic E-state index is 12.2. The molecule has 1 aliphatic rings. The van der Waals surface area contributed by atoms with Crippen LogP contribution in [0.2, 0.25) is 0 Å². The van der Waals surface area contributed by atoms with Gasteiger partial charge in [-0.2, -0.15) is 0 Å². The quantitative estimate of drug-likeness (QED) is 0.590. The van der Waals surface area contributed by atoms with Gasteiger partial charge in [-0.1, -0.05) is 61.0 Å². The molecule has 0 N–H and O–H groups in total. The van der Waals surface area contributed by atoms with Crippen molar-refractivity contribution in [1.82, 2.24) is 14.9 Å². The number of piperazine rings is 1. The van der Waals surface area contributed by atoms with Gasteiger partial charge in [0.15, 0.2) is 5.82 Å². The lowest BCUT2D eigenvalue weighted by Gasteiger charge is -2.36. The molecule has 4 rings (SSSR count). The van der Waals surface area contributed by atoms with Gasteiger partial charge in [-0.25, -0.2) is 9.97 Å². The van der Waals surface area contributed by atoms with E-state index in [0.29, 0.717) is 6.42 Å². The van der Waals surface area contributed by atoms with Gasteiger partial charge < -0.3 is 9.80 Å². The third kappa shape index (κ3) is 4.67. The van der Waals surface area contributed by atoms with Crippen LogP contribution >= 0.6 is 0 Å². The van der Waals surface area contributed by atoms with Crippen molar-refractivity contribution in [1.29, 1.82) is 0 Å². The Labute approximate surface area is 191 Å². The molecule has 2 heterocycles. The van der Waals surface area contributed by atoms with Crippen LogP contribution in [0.25, 0.3) is 11.4 Å². The van der Waals surface area contributed by atoms with Crippen molar-refractivity contribution in [2.45, 2.75) is 40.5 Å². The molecule has 0 unspecified atom stereocenters. The van der Waals surface area contributed by atoms with Gasteiger partial charge >= 0.3 is 0 Å². The summed E-state index contributed by atoms with van der Waals surface area (Å²) in [6.45, 7) is 11.4.